The molecular formula is C29H29F3N6O3S. The van der Waals surface area contributed by atoms with Gasteiger partial charge in [-0.3, -0.25) is 4.79 Å². The van der Waals surface area contributed by atoms with Gasteiger partial charge in [-0.2, -0.15) is 23.4 Å². The molecule has 0 saturated carbocycles. The van der Waals surface area contributed by atoms with Gasteiger partial charge in [-0.25, -0.2) is 4.98 Å². The normalized spacial score (nSPS) is 15.6. The molecule has 0 unspecified atom stereocenters. The number of alkyl halides is 3. The smallest absolute Gasteiger partial charge is 0.422 e. The van der Waals surface area contributed by atoms with Crippen molar-refractivity contribution in [2.24, 2.45) is 0 Å². The Labute approximate surface area is 244 Å². The molecule has 1 aliphatic heterocycles. The maximum absolute atomic E-state index is 14.9. The van der Waals surface area contributed by atoms with E-state index in [1.165, 1.54) is 35.9 Å². The van der Waals surface area contributed by atoms with Crippen molar-refractivity contribution < 1.29 is 27.4 Å². The highest BCUT2D eigenvalue weighted by Gasteiger charge is 2.41. The highest BCUT2D eigenvalue weighted by atomic mass is 32.1. The maximum Gasteiger partial charge on any atom is 0.422 e. The van der Waals surface area contributed by atoms with Gasteiger partial charge in [0.05, 0.1) is 36.5 Å². The third-order valence-corrected chi connectivity index (χ3v) is 7.46. The van der Waals surface area contributed by atoms with Gasteiger partial charge in [-0.15, -0.1) is 11.3 Å². The Balaban J connectivity index is 1.53. The number of rotatable bonds is 9. The molecule has 0 radical (unpaired) electrons. The van der Waals surface area contributed by atoms with Crippen LogP contribution in [-0.2, 0) is 10.9 Å². The topological polar surface area (TPSA) is 92.7 Å². The van der Waals surface area contributed by atoms with Crippen molar-refractivity contribution in [2.75, 3.05) is 50.6 Å². The molecule has 5 rings (SSSR count). The summed E-state index contributed by atoms with van der Waals surface area (Å²) >= 11 is 1.22. The third-order valence-electron chi connectivity index (χ3n) is 6.56. The van der Waals surface area contributed by atoms with Gasteiger partial charge in [0.2, 0.25) is 0 Å². The minimum atomic E-state index is -4.79. The first-order chi connectivity index (χ1) is 20.2. The van der Waals surface area contributed by atoms with Crippen LogP contribution >= 0.6 is 11.3 Å². The minimum Gasteiger partial charge on any atom is -0.457 e. The fourth-order valence-electron chi connectivity index (χ4n) is 4.59. The molecule has 13 heteroatoms. The largest absolute Gasteiger partial charge is 0.457 e. The number of morpholine rings is 1. The van der Waals surface area contributed by atoms with Crippen LogP contribution in [0.15, 0.2) is 66.3 Å². The first-order valence-electron chi connectivity index (χ1n) is 13.2. The molecule has 0 bridgehead atoms. The van der Waals surface area contributed by atoms with Crippen molar-refractivity contribution in [3.8, 4) is 22.1 Å². The Bertz CT molecular complexity index is 1500. The first-order valence-corrected chi connectivity index (χ1v) is 14.1. The lowest BCUT2D eigenvalue weighted by Gasteiger charge is -2.37. The Morgan fingerprint density at radius 1 is 1.17 bits per heavy atom. The van der Waals surface area contributed by atoms with E-state index in [1.54, 1.807) is 46.7 Å². The molecule has 1 saturated heterocycles. The van der Waals surface area contributed by atoms with Gasteiger partial charge in [0, 0.05) is 30.6 Å². The minimum absolute atomic E-state index is 0.00104. The molecule has 3 heterocycles. The lowest BCUT2D eigenvalue weighted by Crippen LogP contribution is -2.44. The Morgan fingerprint density at radius 2 is 1.98 bits per heavy atom. The summed E-state index contributed by atoms with van der Waals surface area (Å²) in [6.45, 7) is 1.37. The molecule has 4 aromatic rings. The van der Waals surface area contributed by atoms with E-state index in [1.807, 2.05) is 19.0 Å². The number of hydrogen-bond acceptors (Lipinski definition) is 9. The maximum atomic E-state index is 14.9. The van der Waals surface area contributed by atoms with E-state index in [9.17, 15) is 18.0 Å². The standard InChI is InChI=1S/C29H29F3N6O3S/c1-37(2)13-11-21-17-38(14-15-40-21)26-22(35-27(39)23-18-42-28(36-23)19-10-12-33-34-16-19)8-9-24(25(26)29(30,31)32)41-20-6-4-3-5-7-20/h3-10,12,16,18,21H,11,13-15,17H2,1-2H3,(H,35,39)/t21-/m1/s1. The SMILES string of the molecule is CN(C)CC[C@@H]1CN(c2c(NC(=O)c3csc(-c4ccnnc4)n3)ccc(Oc3ccccc3)c2C(F)(F)F)CCO1. The van der Waals surface area contributed by atoms with Crippen LogP contribution in [0.2, 0.25) is 0 Å². The molecular weight excluding hydrogens is 569 g/mol. The monoisotopic (exact) mass is 598 g/mol. The molecule has 0 aliphatic carbocycles. The predicted molar refractivity (Wildman–Crippen MR) is 154 cm³/mol. The van der Waals surface area contributed by atoms with Crippen molar-refractivity contribution in [2.45, 2.75) is 18.7 Å². The van der Waals surface area contributed by atoms with Crippen LogP contribution in [0.1, 0.15) is 22.5 Å². The number of ether oxygens (including phenoxy) is 2. The number of aromatic nitrogens is 3. The number of carbonyl (C=O) groups is 1. The van der Waals surface area contributed by atoms with Crippen LogP contribution in [-0.4, -0.2) is 72.4 Å². The van der Waals surface area contributed by atoms with Crippen LogP contribution in [0.5, 0.6) is 11.5 Å². The van der Waals surface area contributed by atoms with E-state index in [0.29, 0.717) is 23.5 Å². The molecule has 2 aromatic heterocycles. The number of anilines is 2. The average molecular weight is 599 g/mol. The average Bonchev–Trinajstić information content (AvgIpc) is 3.48. The van der Waals surface area contributed by atoms with Crippen LogP contribution < -0.4 is 15.0 Å². The summed E-state index contributed by atoms with van der Waals surface area (Å²) in [6, 6.07) is 12.6. The predicted octanol–water partition coefficient (Wildman–Crippen LogP) is 5.82. The molecule has 2 aromatic carbocycles. The van der Waals surface area contributed by atoms with E-state index in [0.717, 1.165) is 0 Å². The zero-order valence-electron chi connectivity index (χ0n) is 23.0. The first kappa shape index (κ1) is 29.4. The second-order valence-electron chi connectivity index (χ2n) is 9.90. The number of amides is 1. The van der Waals surface area contributed by atoms with E-state index in [4.69, 9.17) is 9.47 Å². The molecule has 0 spiro atoms. The van der Waals surface area contributed by atoms with E-state index < -0.39 is 17.6 Å². The van der Waals surface area contributed by atoms with Crippen LogP contribution in [0.4, 0.5) is 24.5 Å². The number of halogens is 3. The number of carbonyl (C=O) groups excluding carboxylic acids is 1. The second kappa shape index (κ2) is 12.8. The lowest BCUT2D eigenvalue weighted by atomic mass is 10.1. The van der Waals surface area contributed by atoms with E-state index in [-0.39, 0.29) is 54.4 Å². The van der Waals surface area contributed by atoms with Gasteiger partial charge in [-0.05, 0) is 50.8 Å². The van der Waals surface area contributed by atoms with Crippen LogP contribution in [0.25, 0.3) is 10.6 Å². The number of para-hydroxylation sites is 1. The molecule has 42 heavy (non-hydrogen) atoms. The summed E-state index contributed by atoms with van der Waals surface area (Å²) in [5.74, 6) is -0.737. The molecule has 1 amide bonds. The number of nitrogens with zero attached hydrogens (tertiary/aromatic N) is 5. The van der Waals surface area contributed by atoms with E-state index in [2.05, 4.69) is 20.5 Å². The van der Waals surface area contributed by atoms with Gasteiger partial charge in [0.15, 0.2) is 0 Å². The van der Waals surface area contributed by atoms with Crippen molar-refractivity contribution in [3.63, 3.8) is 0 Å². The summed E-state index contributed by atoms with van der Waals surface area (Å²) in [5.41, 5.74) is -0.396. The number of thiazole rings is 1. The molecule has 220 valence electrons. The fourth-order valence-corrected chi connectivity index (χ4v) is 5.38. The summed E-state index contributed by atoms with van der Waals surface area (Å²) in [7, 11) is 3.85. The molecule has 1 fully saturated rings. The van der Waals surface area contributed by atoms with Crippen molar-refractivity contribution >= 4 is 28.6 Å². The van der Waals surface area contributed by atoms with Gasteiger partial charge in [-0.1, -0.05) is 18.2 Å². The molecule has 1 N–H and O–H groups in total. The summed E-state index contributed by atoms with van der Waals surface area (Å²) in [5, 5.41) is 12.3. The third kappa shape index (κ3) is 7.04. The Morgan fingerprint density at radius 3 is 2.69 bits per heavy atom. The van der Waals surface area contributed by atoms with Crippen molar-refractivity contribution in [1.29, 1.82) is 0 Å². The van der Waals surface area contributed by atoms with Gasteiger partial charge >= 0.3 is 6.18 Å². The second-order valence-corrected chi connectivity index (χ2v) is 10.8. The summed E-state index contributed by atoms with van der Waals surface area (Å²) in [4.78, 5) is 21.3. The zero-order chi connectivity index (χ0) is 29.7. The van der Waals surface area contributed by atoms with Crippen LogP contribution in [0, 0.1) is 0 Å². The van der Waals surface area contributed by atoms with Gasteiger partial charge < -0.3 is 24.6 Å². The van der Waals surface area contributed by atoms with E-state index >= 15 is 0 Å². The summed E-state index contributed by atoms with van der Waals surface area (Å²) in [6.07, 6.45) is -1.42. The molecule has 9 nitrogen and oxygen atoms in total. The number of hydrogen-bond donors (Lipinski definition) is 1. The molecule has 1 aliphatic rings. The van der Waals surface area contributed by atoms with Crippen molar-refractivity contribution in [1.82, 2.24) is 20.1 Å². The van der Waals surface area contributed by atoms with Gasteiger partial charge in [0.1, 0.15) is 27.8 Å². The highest BCUT2D eigenvalue weighted by Crippen LogP contribution is 2.48. The van der Waals surface area contributed by atoms with Crippen molar-refractivity contribution in [3.05, 3.63) is 77.6 Å². The number of nitrogens with one attached hydrogen (secondary N) is 1. The molecule has 1 atom stereocenters. The highest BCUT2D eigenvalue weighted by molar-refractivity contribution is 7.13. The van der Waals surface area contributed by atoms with Crippen LogP contribution in [0.3, 0.4) is 0 Å². The quantitative estimate of drug-likeness (QED) is 0.258. The summed E-state index contributed by atoms with van der Waals surface area (Å²) < 4.78 is 56.2. The Hall–Kier alpha value is -4.07. The fraction of sp³-hybridized carbons (Fsp3) is 0.310. The zero-order valence-corrected chi connectivity index (χ0v) is 23.8. The van der Waals surface area contributed by atoms with Gasteiger partial charge in [0.25, 0.3) is 5.91 Å². The lowest BCUT2D eigenvalue weighted by molar-refractivity contribution is -0.138. The Kier molecular flexibility index (Phi) is 9.00. The number of benzene rings is 2.